The molecule has 0 aliphatic rings. The highest BCUT2D eigenvalue weighted by Crippen LogP contribution is 2.27. The molecule has 156 valence electrons. The van der Waals surface area contributed by atoms with Gasteiger partial charge in [-0.25, -0.2) is 0 Å². The quantitative estimate of drug-likeness (QED) is 0.357. The van der Waals surface area contributed by atoms with Crippen molar-refractivity contribution < 1.29 is 23.9 Å². The number of carbonyl (C=O) groups is 4. The third-order valence-electron chi connectivity index (χ3n) is 4.90. The molecule has 0 saturated heterocycles. The van der Waals surface area contributed by atoms with Crippen molar-refractivity contribution in [3.8, 4) is 5.75 Å². The van der Waals surface area contributed by atoms with Gasteiger partial charge < -0.3 is 20.2 Å². The van der Waals surface area contributed by atoms with Crippen molar-refractivity contribution in [2.75, 3.05) is 7.11 Å². The maximum atomic E-state index is 12.8. The SMILES string of the molecule is C=C(C)C(=O)NC(C)(NC(=O)C(=C)Cc1cc(OC)ccc1C=O)C(C)(C)C=O. The largest absolute Gasteiger partial charge is 0.497 e. The molecule has 1 atom stereocenters. The zero-order valence-corrected chi connectivity index (χ0v) is 17.5. The molecule has 0 saturated carbocycles. The van der Waals surface area contributed by atoms with Crippen LogP contribution in [0, 0.1) is 5.41 Å². The van der Waals surface area contributed by atoms with Gasteiger partial charge >= 0.3 is 0 Å². The van der Waals surface area contributed by atoms with E-state index in [1.165, 1.54) is 21.0 Å². The van der Waals surface area contributed by atoms with Gasteiger partial charge in [-0.15, -0.1) is 0 Å². The van der Waals surface area contributed by atoms with Crippen LogP contribution in [0.3, 0.4) is 0 Å². The molecule has 0 aliphatic heterocycles. The third-order valence-corrected chi connectivity index (χ3v) is 4.90. The molecular weight excluding hydrogens is 372 g/mol. The van der Waals surface area contributed by atoms with Crippen molar-refractivity contribution in [3.63, 3.8) is 0 Å². The predicted octanol–water partition coefficient (Wildman–Crippen LogP) is 2.36. The van der Waals surface area contributed by atoms with Gasteiger partial charge in [-0.05, 0) is 51.5 Å². The van der Waals surface area contributed by atoms with Crippen LogP contribution in [0.4, 0.5) is 0 Å². The highest BCUT2D eigenvalue weighted by molar-refractivity contribution is 5.96. The lowest BCUT2D eigenvalue weighted by Crippen LogP contribution is -2.67. The van der Waals surface area contributed by atoms with Gasteiger partial charge in [0.05, 0.1) is 12.5 Å². The van der Waals surface area contributed by atoms with Gasteiger partial charge in [-0.2, -0.15) is 0 Å². The minimum atomic E-state index is -1.40. The molecule has 0 aromatic heterocycles. The number of benzene rings is 1. The second-order valence-electron chi connectivity index (χ2n) is 7.62. The van der Waals surface area contributed by atoms with Crippen LogP contribution in [-0.4, -0.2) is 37.2 Å². The number of carbonyl (C=O) groups excluding carboxylic acids is 4. The molecule has 0 bridgehead atoms. The Balaban J connectivity index is 3.13. The van der Waals surface area contributed by atoms with Crippen molar-refractivity contribution in [2.24, 2.45) is 5.41 Å². The van der Waals surface area contributed by atoms with E-state index >= 15 is 0 Å². The minimum Gasteiger partial charge on any atom is -0.497 e. The van der Waals surface area contributed by atoms with Crippen LogP contribution in [0.25, 0.3) is 0 Å². The standard InChI is InChI=1S/C22H28N2O5/c1-14(2)19(27)23-22(6,21(4,5)13-26)24-20(28)15(3)10-17-11-18(29-7)9-8-16(17)12-25/h8-9,11-13H,1,3,10H2,2,4-7H3,(H,23,27)(H,24,28). The first-order chi connectivity index (χ1) is 13.4. The fourth-order valence-corrected chi connectivity index (χ4v) is 2.41. The van der Waals surface area contributed by atoms with Gasteiger partial charge in [0.15, 0.2) is 0 Å². The summed E-state index contributed by atoms with van der Waals surface area (Å²) in [5.74, 6) is -0.520. The van der Waals surface area contributed by atoms with Crippen LogP contribution in [0.1, 0.15) is 43.6 Å². The van der Waals surface area contributed by atoms with Crippen molar-refractivity contribution in [3.05, 3.63) is 53.6 Å². The molecule has 2 N–H and O–H groups in total. The van der Waals surface area contributed by atoms with Crippen molar-refractivity contribution in [2.45, 2.75) is 39.8 Å². The Labute approximate surface area is 171 Å². The fraction of sp³-hybridized carbons (Fsp3) is 0.364. The molecule has 0 heterocycles. The molecule has 7 nitrogen and oxygen atoms in total. The van der Waals surface area contributed by atoms with Crippen LogP contribution >= 0.6 is 0 Å². The van der Waals surface area contributed by atoms with Crippen LogP contribution in [-0.2, 0) is 20.8 Å². The summed E-state index contributed by atoms with van der Waals surface area (Å²) >= 11 is 0. The first kappa shape index (κ1) is 23.8. The van der Waals surface area contributed by atoms with Crippen LogP contribution in [0.2, 0.25) is 0 Å². The normalized spacial score (nSPS) is 12.9. The van der Waals surface area contributed by atoms with E-state index in [1.807, 2.05) is 0 Å². The Morgan fingerprint density at radius 1 is 1.10 bits per heavy atom. The number of rotatable bonds is 10. The van der Waals surface area contributed by atoms with E-state index in [9.17, 15) is 19.2 Å². The smallest absolute Gasteiger partial charge is 0.248 e. The van der Waals surface area contributed by atoms with Crippen LogP contribution in [0.5, 0.6) is 5.75 Å². The summed E-state index contributed by atoms with van der Waals surface area (Å²) in [5, 5.41) is 5.35. The number of hydrogen-bond donors (Lipinski definition) is 2. The first-order valence-electron chi connectivity index (χ1n) is 8.97. The van der Waals surface area contributed by atoms with Crippen LogP contribution in [0.15, 0.2) is 42.5 Å². The third kappa shape index (κ3) is 5.63. The summed E-state index contributed by atoms with van der Waals surface area (Å²) in [5.41, 5.74) is -1.16. The summed E-state index contributed by atoms with van der Waals surface area (Å²) in [7, 11) is 1.50. The number of ether oxygens (including phenoxy) is 1. The Kier molecular flexibility index (Phi) is 7.65. The maximum Gasteiger partial charge on any atom is 0.248 e. The lowest BCUT2D eigenvalue weighted by atomic mass is 9.80. The minimum absolute atomic E-state index is 0.0864. The Hall–Kier alpha value is -3.22. The molecule has 0 spiro atoms. The number of methoxy groups -OCH3 is 1. The summed E-state index contributed by atoms with van der Waals surface area (Å²) in [6, 6.07) is 4.89. The number of amides is 2. The highest BCUT2D eigenvalue weighted by Gasteiger charge is 2.44. The average Bonchev–Trinajstić information content (AvgIpc) is 2.67. The van der Waals surface area contributed by atoms with E-state index in [0.717, 1.165) is 0 Å². The van der Waals surface area contributed by atoms with E-state index in [1.54, 1.807) is 32.0 Å². The fourth-order valence-electron chi connectivity index (χ4n) is 2.41. The highest BCUT2D eigenvalue weighted by atomic mass is 16.5. The van der Waals surface area contributed by atoms with Gasteiger partial charge in [0.2, 0.25) is 11.8 Å². The summed E-state index contributed by atoms with van der Waals surface area (Å²) < 4.78 is 5.16. The Morgan fingerprint density at radius 2 is 1.69 bits per heavy atom. The molecule has 2 amide bonds. The lowest BCUT2D eigenvalue weighted by molar-refractivity contribution is -0.129. The molecular formula is C22H28N2O5. The molecule has 1 aromatic carbocycles. The zero-order chi connectivity index (χ0) is 22.4. The monoisotopic (exact) mass is 400 g/mol. The van der Waals surface area contributed by atoms with E-state index in [0.29, 0.717) is 29.4 Å². The summed E-state index contributed by atoms with van der Waals surface area (Å²) in [4.78, 5) is 47.9. The summed E-state index contributed by atoms with van der Waals surface area (Å²) in [6.07, 6.45) is 1.43. The molecule has 0 radical (unpaired) electrons. The molecule has 1 rings (SSSR count). The van der Waals surface area contributed by atoms with Gasteiger partial charge in [0, 0.05) is 23.1 Å². The topological polar surface area (TPSA) is 102 Å². The van der Waals surface area contributed by atoms with E-state index in [2.05, 4.69) is 23.8 Å². The lowest BCUT2D eigenvalue weighted by Gasteiger charge is -2.42. The Bertz CT molecular complexity index is 857. The molecule has 0 aliphatic carbocycles. The molecule has 29 heavy (non-hydrogen) atoms. The average molecular weight is 400 g/mol. The second-order valence-corrected chi connectivity index (χ2v) is 7.62. The molecule has 7 heteroatoms. The number of hydrogen-bond acceptors (Lipinski definition) is 5. The summed E-state index contributed by atoms with van der Waals surface area (Å²) in [6.45, 7) is 13.6. The zero-order valence-electron chi connectivity index (χ0n) is 17.5. The van der Waals surface area contributed by atoms with Gasteiger partial charge in [0.1, 0.15) is 24.0 Å². The van der Waals surface area contributed by atoms with E-state index in [4.69, 9.17) is 4.74 Å². The van der Waals surface area contributed by atoms with E-state index in [-0.39, 0.29) is 17.6 Å². The molecule has 1 unspecified atom stereocenters. The van der Waals surface area contributed by atoms with E-state index < -0.39 is 22.9 Å². The van der Waals surface area contributed by atoms with Crippen molar-refractivity contribution in [1.82, 2.24) is 10.6 Å². The van der Waals surface area contributed by atoms with Gasteiger partial charge in [-0.3, -0.25) is 14.4 Å². The van der Waals surface area contributed by atoms with Gasteiger partial charge in [-0.1, -0.05) is 13.2 Å². The van der Waals surface area contributed by atoms with Crippen molar-refractivity contribution >= 4 is 24.4 Å². The maximum absolute atomic E-state index is 12.8. The Morgan fingerprint density at radius 3 is 2.17 bits per heavy atom. The van der Waals surface area contributed by atoms with Crippen LogP contribution < -0.4 is 15.4 Å². The number of aldehydes is 2. The predicted molar refractivity (Wildman–Crippen MR) is 111 cm³/mol. The molecule has 0 fully saturated rings. The second kappa shape index (κ2) is 9.32. The molecule has 1 aromatic rings. The van der Waals surface area contributed by atoms with Crippen molar-refractivity contribution in [1.29, 1.82) is 0 Å². The van der Waals surface area contributed by atoms with Gasteiger partial charge in [0.25, 0.3) is 0 Å². The number of nitrogens with one attached hydrogen (secondary N) is 2. The first-order valence-corrected chi connectivity index (χ1v) is 8.97.